The SMILES string of the molecule is O=C(NCCCCCCCCCCNC(=O)C(F)(F)F)C(F)(F)F. The van der Waals surface area contributed by atoms with Gasteiger partial charge in [-0.1, -0.05) is 38.5 Å². The number of rotatable bonds is 11. The molecule has 10 heteroatoms. The van der Waals surface area contributed by atoms with Gasteiger partial charge in [0, 0.05) is 13.1 Å². The van der Waals surface area contributed by atoms with E-state index >= 15 is 0 Å². The van der Waals surface area contributed by atoms with Crippen LogP contribution in [0.3, 0.4) is 0 Å². The highest BCUT2D eigenvalue weighted by Crippen LogP contribution is 2.15. The van der Waals surface area contributed by atoms with Crippen LogP contribution in [0.15, 0.2) is 0 Å². The van der Waals surface area contributed by atoms with E-state index in [4.69, 9.17) is 0 Å². The van der Waals surface area contributed by atoms with Crippen LogP contribution in [0, 0.1) is 0 Å². The zero-order valence-corrected chi connectivity index (χ0v) is 13.2. The zero-order valence-electron chi connectivity index (χ0n) is 13.2. The molecule has 2 N–H and O–H groups in total. The number of carbonyl (C=O) groups excluding carboxylic acids is 2. The Labute approximate surface area is 136 Å². The van der Waals surface area contributed by atoms with Crippen LogP contribution in [-0.2, 0) is 9.59 Å². The third-order valence-corrected chi connectivity index (χ3v) is 3.19. The highest BCUT2D eigenvalue weighted by molar-refractivity contribution is 5.81. The summed E-state index contributed by atoms with van der Waals surface area (Å²) < 4.78 is 71.2. The third-order valence-electron chi connectivity index (χ3n) is 3.19. The van der Waals surface area contributed by atoms with Crippen molar-refractivity contribution in [2.45, 2.75) is 63.7 Å². The molecule has 0 rings (SSSR count). The number of hydrogen-bond acceptors (Lipinski definition) is 2. The van der Waals surface area contributed by atoms with Gasteiger partial charge in [-0.05, 0) is 12.8 Å². The van der Waals surface area contributed by atoms with Crippen molar-refractivity contribution in [1.82, 2.24) is 10.6 Å². The Kier molecular flexibility index (Phi) is 10.5. The van der Waals surface area contributed by atoms with E-state index in [0.29, 0.717) is 25.7 Å². The van der Waals surface area contributed by atoms with Crippen molar-refractivity contribution in [3.63, 3.8) is 0 Å². The van der Waals surface area contributed by atoms with Gasteiger partial charge in [0.1, 0.15) is 0 Å². The summed E-state index contributed by atoms with van der Waals surface area (Å²) >= 11 is 0. The number of amides is 2. The molecule has 0 aliphatic heterocycles. The van der Waals surface area contributed by atoms with E-state index in [1.807, 2.05) is 0 Å². The van der Waals surface area contributed by atoms with Crippen molar-refractivity contribution >= 4 is 11.8 Å². The lowest BCUT2D eigenvalue weighted by Gasteiger charge is -2.08. The topological polar surface area (TPSA) is 58.2 Å². The van der Waals surface area contributed by atoms with Crippen molar-refractivity contribution in [3.8, 4) is 0 Å². The highest BCUT2D eigenvalue weighted by Gasteiger charge is 2.38. The van der Waals surface area contributed by atoms with Gasteiger partial charge in [0.2, 0.25) is 0 Å². The van der Waals surface area contributed by atoms with E-state index < -0.39 is 24.2 Å². The molecule has 2 amide bonds. The molecule has 0 bridgehead atoms. The van der Waals surface area contributed by atoms with Crippen LogP contribution in [-0.4, -0.2) is 37.3 Å². The lowest BCUT2D eigenvalue weighted by molar-refractivity contribution is -0.173. The maximum absolute atomic E-state index is 11.9. The molecule has 142 valence electrons. The molecule has 0 unspecified atom stereocenters. The molecule has 0 aromatic rings. The van der Waals surface area contributed by atoms with Crippen LogP contribution >= 0.6 is 0 Å². The van der Waals surface area contributed by atoms with Gasteiger partial charge in [-0.2, -0.15) is 26.3 Å². The Morgan fingerprint density at radius 1 is 0.542 bits per heavy atom. The molecule has 4 nitrogen and oxygen atoms in total. The molecule has 0 heterocycles. The first kappa shape index (κ1) is 22.5. The average Bonchev–Trinajstić information content (AvgIpc) is 2.45. The molecule has 0 saturated heterocycles. The standard InChI is InChI=1S/C14H22F6N2O2/c15-13(16,17)11(23)21-9-7-5-3-1-2-4-6-8-10-22-12(24)14(18,19)20/h1-10H2,(H,21,23)(H,22,24). The van der Waals surface area contributed by atoms with Crippen LogP contribution in [0.4, 0.5) is 26.3 Å². The first-order valence-corrected chi connectivity index (χ1v) is 7.75. The van der Waals surface area contributed by atoms with Gasteiger partial charge in [-0.25, -0.2) is 0 Å². The molecule has 0 aromatic heterocycles. The molecular weight excluding hydrogens is 342 g/mol. The van der Waals surface area contributed by atoms with Crippen LogP contribution in [0.2, 0.25) is 0 Å². The molecule has 0 radical (unpaired) electrons. The van der Waals surface area contributed by atoms with E-state index in [1.165, 1.54) is 0 Å². The Hall–Kier alpha value is -1.48. The number of alkyl halides is 6. The maximum Gasteiger partial charge on any atom is 0.471 e. The minimum Gasteiger partial charge on any atom is -0.348 e. The fourth-order valence-corrected chi connectivity index (χ4v) is 1.91. The normalized spacial score (nSPS) is 12.1. The van der Waals surface area contributed by atoms with Crippen LogP contribution in [0.1, 0.15) is 51.4 Å². The Morgan fingerprint density at radius 2 is 0.792 bits per heavy atom. The van der Waals surface area contributed by atoms with Gasteiger partial charge < -0.3 is 10.6 Å². The predicted molar refractivity (Wildman–Crippen MR) is 75.1 cm³/mol. The first-order chi connectivity index (χ1) is 11.0. The smallest absolute Gasteiger partial charge is 0.348 e. The molecule has 0 saturated carbocycles. The molecule has 0 atom stereocenters. The minimum absolute atomic E-state index is 0.0166. The summed E-state index contributed by atoms with van der Waals surface area (Å²) in [7, 11) is 0. The Morgan fingerprint density at radius 3 is 1.04 bits per heavy atom. The molecule has 0 spiro atoms. The maximum atomic E-state index is 11.9. The molecule has 0 fully saturated rings. The predicted octanol–water partition coefficient (Wildman–Crippen LogP) is 3.46. The molecular formula is C14H22F6N2O2. The quantitative estimate of drug-likeness (QED) is 0.436. The van der Waals surface area contributed by atoms with Gasteiger partial charge in [0.25, 0.3) is 0 Å². The number of unbranched alkanes of at least 4 members (excludes halogenated alkanes) is 7. The van der Waals surface area contributed by atoms with Gasteiger partial charge in [0.05, 0.1) is 0 Å². The van der Waals surface area contributed by atoms with Crippen molar-refractivity contribution in [2.24, 2.45) is 0 Å². The fraction of sp³-hybridized carbons (Fsp3) is 0.857. The molecule has 24 heavy (non-hydrogen) atoms. The third kappa shape index (κ3) is 12.0. The van der Waals surface area contributed by atoms with Gasteiger partial charge >= 0.3 is 24.2 Å². The van der Waals surface area contributed by atoms with Crippen LogP contribution < -0.4 is 10.6 Å². The van der Waals surface area contributed by atoms with Crippen molar-refractivity contribution < 1.29 is 35.9 Å². The van der Waals surface area contributed by atoms with Gasteiger partial charge in [-0.3, -0.25) is 9.59 Å². The van der Waals surface area contributed by atoms with Crippen molar-refractivity contribution in [2.75, 3.05) is 13.1 Å². The Bertz CT molecular complexity index is 346. The van der Waals surface area contributed by atoms with E-state index in [9.17, 15) is 35.9 Å². The summed E-state index contributed by atoms with van der Waals surface area (Å²) in [6, 6.07) is 0. The number of hydrogen-bond donors (Lipinski definition) is 2. The summed E-state index contributed by atoms with van der Waals surface area (Å²) in [5.74, 6) is -3.86. The second kappa shape index (κ2) is 11.1. The van der Waals surface area contributed by atoms with E-state index in [-0.39, 0.29) is 13.1 Å². The highest BCUT2D eigenvalue weighted by atomic mass is 19.4. The van der Waals surface area contributed by atoms with Crippen molar-refractivity contribution in [3.05, 3.63) is 0 Å². The largest absolute Gasteiger partial charge is 0.471 e. The summed E-state index contributed by atoms with van der Waals surface area (Å²) in [5, 5.41) is 3.58. The summed E-state index contributed by atoms with van der Waals surface area (Å²) in [6.45, 7) is -0.0332. The van der Waals surface area contributed by atoms with E-state index in [1.54, 1.807) is 10.6 Å². The summed E-state index contributed by atoms with van der Waals surface area (Å²) in [4.78, 5) is 21.0. The average molecular weight is 364 g/mol. The summed E-state index contributed by atoms with van der Waals surface area (Å²) in [5.41, 5.74) is 0. The fourth-order valence-electron chi connectivity index (χ4n) is 1.91. The van der Waals surface area contributed by atoms with E-state index in [0.717, 1.165) is 25.7 Å². The molecule has 0 aliphatic carbocycles. The van der Waals surface area contributed by atoms with Gasteiger partial charge in [-0.15, -0.1) is 0 Å². The van der Waals surface area contributed by atoms with E-state index in [2.05, 4.69) is 0 Å². The monoisotopic (exact) mass is 364 g/mol. The minimum atomic E-state index is -4.85. The Balaban J connectivity index is 3.32. The van der Waals surface area contributed by atoms with Crippen LogP contribution in [0.25, 0.3) is 0 Å². The number of carbonyl (C=O) groups is 2. The summed E-state index contributed by atoms with van der Waals surface area (Å²) in [6.07, 6.45) is -4.03. The number of nitrogens with one attached hydrogen (secondary N) is 2. The molecule has 0 aromatic carbocycles. The molecule has 0 aliphatic rings. The second-order valence-corrected chi connectivity index (χ2v) is 5.34. The van der Waals surface area contributed by atoms with Crippen molar-refractivity contribution in [1.29, 1.82) is 0 Å². The second-order valence-electron chi connectivity index (χ2n) is 5.34. The zero-order chi connectivity index (χ0) is 18.6. The lowest BCUT2D eigenvalue weighted by Crippen LogP contribution is -2.37. The van der Waals surface area contributed by atoms with Gasteiger partial charge in [0.15, 0.2) is 0 Å². The number of halogens is 6. The van der Waals surface area contributed by atoms with Crippen LogP contribution in [0.5, 0.6) is 0 Å². The first-order valence-electron chi connectivity index (χ1n) is 7.75. The lowest BCUT2D eigenvalue weighted by atomic mass is 10.1.